The van der Waals surface area contributed by atoms with E-state index in [2.05, 4.69) is 27.3 Å². The number of benzene rings is 1. The van der Waals surface area contributed by atoms with Gasteiger partial charge in [-0.15, -0.1) is 0 Å². The molecule has 0 saturated heterocycles. The summed E-state index contributed by atoms with van der Waals surface area (Å²) in [5, 5.41) is 4.34. The third-order valence-electron chi connectivity index (χ3n) is 4.37. The van der Waals surface area contributed by atoms with Crippen molar-refractivity contribution in [1.82, 2.24) is 5.32 Å². The first-order chi connectivity index (χ1) is 8.20. The van der Waals surface area contributed by atoms with Crippen molar-refractivity contribution in [2.75, 3.05) is 7.05 Å². The fraction of sp³-hybridized carbons (Fsp3) is 0.571. The summed E-state index contributed by atoms with van der Waals surface area (Å²) in [6.45, 7) is 0. The van der Waals surface area contributed by atoms with E-state index in [4.69, 9.17) is 11.6 Å². The number of hydrogen-bond acceptors (Lipinski definition) is 1. The van der Waals surface area contributed by atoms with Crippen LogP contribution in [0.5, 0.6) is 0 Å². The molecule has 0 spiro atoms. The van der Waals surface area contributed by atoms with Gasteiger partial charge in [0.15, 0.2) is 0 Å². The van der Waals surface area contributed by atoms with Gasteiger partial charge in [-0.05, 0) is 56.2 Å². The first-order valence-electron chi connectivity index (χ1n) is 6.32. The van der Waals surface area contributed by atoms with Gasteiger partial charge in [0.2, 0.25) is 0 Å². The van der Waals surface area contributed by atoms with Gasteiger partial charge in [0, 0.05) is 21.1 Å². The van der Waals surface area contributed by atoms with Crippen molar-refractivity contribution in [3.05, 3.63) is 33.3 Å². The van der Waals surface area contributed by atoms with Crippen LogP contribution in [0.3, 0.4) is 0 Å². The minimum absolute atomic E-state index is 0.394. The molecule has 1 nitrogen and oxygen atoms in total. The monoisotopic (exact) mass is 313 g/mol. The van der Waals surface area contributed by atoms with Crippen LogP contribution in [0, 0.1) is 17.8 Å². The predicted octanol–water partition coefficient (Wildman–Crippen LogP) is 4.41. The Bertz CT molecular complexity index is 404. The van der Waals surface area contributed by atoms with Crippen LogP contribution in [0.4, 0.5) is 0 Å². The second-order valence-corrected chi connectivity index (χ2v) is 6.65. The minimum atomic E-state index is 0.394. The minimum Gasteiger partial charge on any atom is -0.313 e. The summed E-state index contributed by atoms with van der Waals surface area (Å²) >= 11 is 10.00. The highest BCUT2D eigenvalue weighted by molar-refractivity contribution is 9.10. The highest BCUT2D eigenvalue weighted by atomic mass is 79.9. The van der Waals surface area contributed by atoms with Gasteiger partial charge in [-0.3, -0.25) is 0 Å². The second-order valence-electron chi connectivity index (χ2n) is 5.39. The maximum absolute atomic E-state index is 6.36. The van der Waals surface area contributed by atoms with Crippen LogP contribution in [0.1, 0.15) is 30.9 Å². The van der Waals surface area contributed by atoms with Gasteiger partial charge in [0.05, 0.1) is 0 Å². The maximum atomic E-state index is 6.36. The summed E-state index contributed by atoms with van der Waals surface area (Å²) in [5.41, 5.74) is 1.24. The van der Waals surface area contributed by atoms with Crippen molar-refractivity contribution in [3.8, 4) is 0 Å². The zero-order chi connectivity index (χ0) is 12.0. The Morgan fingerprint density at radius 1 is 1.29 bits per heavy atom. The van der Waals surface area contributed by atoms with Gasteiger partial charge in [-0.2, -0.15) is 0 Å². The van der Waals surface area contributed by atoms with E-state index in [0.717, 1.165) is 27.2 Å². The fourth-order valence-corrected chi connectivity index (χ4v) is 4.48. The molecular formula is C14H17BrClN. The first-order valence-corrected chi connectivity index (χ1v) is 7.49. The van der Waals surface area contributed by atoms with E-state index in [0.29, 0.717) is 6.04 Å². The van der Waals surface area contributed by atoms with Crippen LogP contribution in [0.15, 0.2) is 22.7 Å². The third-order valence-corrected chi connectivity index (χ3v) is 5.39. The molecule has 1 N–H and O–H groups in total. The molecular weight excluding hydrogens is 298 g/mol. The molecule has 0 heterocycles. The molecule has 3 unspecified atom stereocenters. The molecule has 0 radical (unpaired) electrons. The van der Waals surface area contributed by atoms with Crippen LogP contribution >= 0.6 is 27.5 Å². The van der Waals surface area contributed by atoms with Crippen LogP contribution in [-0.4, -0.2) is 7.05 Å². The topological polar surface area (TPSA) is 12.0 Å². The quantitative estimate of drug-likeness (QED) is 0.871. The van der Waals surface area contributed by atoms with Crippen LogP contribution in [-0.2, 0) is 0 Å². The summed E-state index contributed by atoms with van der Waals surface area (Å²) in [6.07, 6.45) is 4.21. The molecule has 0 bridgehead atoms. The van der Waals surface area contributed by atoms with Crippen molar-refractivity contribution < 1.29 is 0 Å². The van der Waals surface area contributed by atoms with Crippen LogP contribution < -0.4 is 5.32 Å². The van der Waals surface area contributed by atoms with E-state index in [1.807, 2.05) is 19.2 Å². The Morgan fingerprint density at radius 3 is 2.59 bits per heavy atom. The van der Waals surface area contributed by atoms with E-state index in [1.165, 1.54) is 24.8 Å². The fourth-order valence-electron chi connectivity index (χ4n) is 3.46. The molecule has 3 heteroatoms. The largest absolute Gasteiger partial charge is 0.313 e. The Labute approximate surface area is 116 Å². The number of nitrogens with one attached hydrogen (secondary N) is 1. The maximum Gasteiger partial charge on any atom is 0.0465 e. The van der Waals surface area contributed by atoms with Gasteiger partial charge in [0.1, 0.15) is 0 Å². The first kappa shape index (κ1) is 12.0. The molecule has 3 rings (SSSR count). The van der Waals surface area contributed by atoms with Gasteiger partial charge in [-0.25, -0.2) is 0 Å². The van der Waals surface area contributed by atoms with Crippen molar-refractivity contribution in [1.29, 1.82) is 0 Å². The van der Waals surface area contributed by atoms with E-state index in [9.17, 15) is 0 Å². The molecule has 2 aliphatic carbocycles. The Hall–Kier alpha value is -0.0500. The highest BCUT2D eigenvalue weighted by Gasteiger charge is 2.48. The molecule has 2 aliphatic rings. The Morgan fingerprint density at radius 2 is 2.00 bits per heavy atom. The van der Waals surface area contributed by atoms with Crippen molar-refractivity contribution in [3.63, 3.8) is 0 Å². The van der Waals surface area contributed by atoms with Gasteiger partial charge < -0.3 is 5.32 Å². The van der Waals surface area contributed by atoms with Gasteiger partial charge >= 0.3 is 0 Å². The second kappa shape index (κ2) is 4.56. The molecule has 1 aromatic rings. The number of fused-ring (bicyclic) bond motifs is 1. The zero-order valence-corrected chi connectivity index (χ0v) is 12.3. The molecule has 17 heavy (non-hydrogen) atoms. The average Bonchev–Trinajstić information content (AvgIpc) is 2.91. The Kier molecular flexibility index (Phi) is 3.22. The lowest BCUT2D eigenvalue weighted by Gasteiger charge is -2.26. The summed E-state index contributed by atoms with van der Waals surface area (Å²) in [5.74, 6) is 2.77. The average molecular weight is 315 g/mol. The Balaban J connectivity index is 1.89. The number of rotatable bonds is 3. The summed E-state index contributed by atoms with van der Waals surface area (Å²) in [4.78, 5) is 0. The number of hydrogen-bond donors (Lipinski definition) is 1. The molecule has 3 atom stereocenters. The van der Waals surface area contributed by atoms with Crippen molar-refractivity contribution in [2.24, 2.45) is 17.8 Å². The predicted molar refractivity (Wildman–Crippen MR) is 75.3 cm³/mol. The van der Waals surface area contributed by atoms with Crippen molar-refractivity contribution >= 4 is 27.5 Å². The number of halogens is 2. The molecule has 0 amide bonds. The van der Waals surface area contributed by atoms with Gasteiger partial charge in [0.25, 0.3) is 0 Å². The summed E-state index contributed by atoms with van der Waals surface area (Å²) in [7, 11) is 2.05. The van der Waals surface area contributed by atoms with Crippen LogP contribution in [0.25, 0.3) is 0 Å². The lowest BCUT2D eigenvalue weighted by Crippen LogP contribution is -2.25. The summed E-state index contributed by atoms with van der Waals surface area (Å²) < 4.78 is 1.13. The third kappa shape index (κ3) is 2.16. The highest BCUT2D eigenvalue weighted by Crippen LogP contribution is 2.57. The van der Waals surface area contributed by atoms with E-state index in [-0.39, 0.29) is 0 Å². The van der Waals surface area contributed by atoms with E-state index >= 15 is 0 Å². The van der Waals surface area contributed by atoms with E-state index in [1.54, 1.807) is 0 Å². The smallest absolute Gasteiger partial charge is 0.0465 e. The van der Waals surface area contributed by atoms with Crippen molar-refractivity contribution in [2.45, 2.75) is 25.3 Å². The SMILES string of the molecule is CNC(c1c(Cl)cccc1Br)C1CC2CC2C1. The molecule has 0 aliphatic heterocycles. The molecule has 2 saturated carbocycles. The van der Waals surface area contributed by atoms with E-state index < -0.39 is 0 Å². The lowest BCUT2D eigenvalue weighted by atomic mass is 9.89. The summed E-state index contributed by atoms with van der Waals surface area (Å²) in [6, 6.07) is 6.46. The normalized spacial score (nSPS) is 32.3. The zero-order valence-electron chi connectivity index (χ0n) is 9.92. The molecule has 0 aromatic heterocycles. The molecule has 92 valence electrons. The molecule has 1 aromatic carbocycles. The van der Waals surface area contributed by atoms with Crippen LogP contribution in [0.2, 0.25) is 5.02 Å². The molecule has 2 fully saturated rings. The van der Waals surface area contributed by atoms with Gasteiger partial charge in [-0.1, -0.05) is 33.6 Å². The standard InChI is InChI=1S/C14H17BrClN/c1-17-14(10-6-8-5-9(8)7-10)13-11(15)3-2-4-12(13)16/h2-4,8-10,14,17H,5-7H2,1H3. The lowest BCUT2D eigenvalue weighted by molar-refractivity contribution is 0.358.